The Morgan fingerprint density at radius 3 is 2.50 bits per heavy atom. The number of ketones is 1. The third-order valence-corrected chi connectivity index (χ3v) is 2.86. The Morgan fingerprint density at radius 1 is 1.23 bits per heavy atom. The molecule has 0 aliphatic heterocycles. The molecule has 0 unspecified atom stereocenters. The summed E-state index contributed by atoms with van der Waals surface area (Å²) in [5.41, 5.74) is 8.32. The number of Topliss-reactive ketones (excluding diaryl/α,β-unsaturated/α-hetero) is 1. The second kappa shape index (κ2) is 9.43. The van der Waals surface area contributed by atoms with Crippen molar-refractivity contribution in [2.24, 2.45) is 5.11 Å². The largest absolute Gasteiger partial charge is 0.481 e. The zero-order valence-electron chi connectivity index (χ0n) is 15.1. The molecule has 0 bridgehead atoms. The molecule has 1 aromatic rings. The highest BCUT2D eigenvalue weighted by Gasteiger charge is 2.18. The third-order valence-electron chi connectivity index (χ3n) is 2.86. The van der Waals surface area contributed by atoms with E-state index in [4.69, 9.17) is 19.7 Å². The number of benzene rings is 1. The summed E-state index contributed by atoms with van der Waals surface area (Å²) in [6.45, 7) is 5.65. The van der Waals surface area contributed by atoms with E-state index in [2.05, 4.69) is 10.0 Å². The summed E-state index contributed by atoms with van der Waals surface area (Å²) in [4.78, 5) is 37.3. The van der Waals surface area contributed by atoms with Crippen molar-refractivity contribution >= 4 is 17.7 Å². The number of nitrogens with zero attached hydrogens (tertiary/aromatic N) is 3. The fourth-order valence-corrected chi connectivity index (χ4v) is 1.88. The van der Waals surface area contributed by atoms with Gasteiger partial charge in [-0.05, 0) is 44.5 Å². The van der Waals surface area contributed by atoms with Crippen molar-refractivity contribution in [1.29, 1.82) is 0 Å². The summed E-state index contributed by atoms with van der Waals surface area (Å²) >= 11 is 0. The van der Waals surface area contributed by atoms with Gasteiger partial charge in [0.2, 0.25) is 0 Å². The molecule has 0 spiro atoms. The smallest absolute Gasteiger partial charge is 0.344 e. The summed E-state index contributed by atoms with van der Waals surface area (Å²) in [6, 6.07) is 4.41. The summed E-state index contributed by atoms with van der Waals surface area (Å²) in [5.74, 6) is -1.18. The molecule has 0 saturated carbocycles. The first-order chi connectivity index (χ1) is 12.1. The monoisotopic (exact) mass is 363 g/mol. The standard InChI is InChI=1S/C17H21N3O6/c1-11(21)24-9-13-7-12(14(22)8-19-20-18)5-6-15(13)25-10-16(23)26-17(2,3)4/h5-7H,8-10H2,1-4H3. The van der Waals surface area contributed by atoms with Gasteiger partial charge in [-0.2, -0.15) is 0 Å². The second-order valence-corrected chi connectivity index (χ2v) is 6.29. The predicted octanol–water partition coefficient (Wildman–Crippen LogP) is 2.96. The highest BCUT2D eigenvalue weighted by atomic mass is 16.6. The van der Waals surface area contributed by atoms with Crippen LogP contribution in [0.1, 0.15) is 43.6 Å². The van der Waals surface area contributed by atoms with E-state index >= 15 is 0 Å². The molecular formula is C17H21N3O6. The minimum atomic E-state index is -0.640. The minimum absolute atomic E-state index is 0.137. The molecule has 9 nitrogen and oxygen atoms in total. The van der Waals surface area contributed by atoms with Crippen LogP contribution < -0.4 is 4.74 Å². The summed E-state index contributed by atoms with van der Waals surface area (Å²) in [7, 11) is 0. The number of carbonyl (C=O) groups is 3. The van der Waals surface area contributed by atoms with Crippen molar-refractivity contribution in [3.8, 4) is 5.75 Å². The summed E-state index contributed by atoms with van der Waals surface area (Å²) in [5, 5.41) is 3.22. The molecule has 0 aliphatic rings. The van der Waals surface area contributed by atoms with Gasteiger partial charge in [-0.25, -0.2) is 4.79 Å². The molecule has 26 heavy (non-hydrogen) atoms. The van der Waals surface area contributed by atoms with Gasteiger partial charge in [0, 0.05) is 23.0 Å². The van der Waals surface area contributed by atoms with Crippen molar-refractivity contribution in [3.05, 3.63) is 39.8 Å². The molecule has 0 N–H and O–H groups in total. The lowest BCUT2D eigenvalue weighted by molar-refractivity contribution is -0.157. The first kappa shape index (κ1) is 21.0. The van der Waals surface area contributed by atoms with E-state index in [1.165, 1.54) is 25.1 Å². The van der Waals surface area contributed by atoms with Crippen LogP contribution in [0.4, 0.5) is 0 Å². The number of carbonyl (C=O) groups excluding carboxylic acids is 3. The first-order valence-electron chi connectivity index (χ1n) is 7.77. The van der Waals surface area contributed by atoms with E-state index in [9.17, 15) is 14.4 Å². The van der Waals surface area contributed by atoms with E-state index in [-0.39, 0.29) is 31.1 Å². The van der Waals surface area contributed by atoms with Gasteiger partial charge >= 0.3 is 11.9 Å². The lowest BCUT2D eigenvalue weighted by Gasteiger charge is -2.20. The van der Waals surface area contributed by atoms with Crippen LogP contribution in [0.3, 0.4) is 0 Å². The van der Waals surface area contributed by atoms with Crippen molar-refractivity contribution in [3.63, 3.8) is 0 Å². The van der Waals surface area contributed by atoms with E-state index in [1.807, 2.05) is 0 Å². The van der Waals surface area contributed by atoms with Crippen LogP contribution in [-0.2, 0) is 25.7 Å². The normalized spacial score (nSPS) is 10.5. The van der Waals surface area contributed by atoms with Gasteiger partial charge in [-0.15, -0.1) is 0 Å². The molecule has 0 fully saturated rings. The molecule has 0 amide bonds. The molecule has 0 radical (unpaired) electrons. The highest BCUT2D eigenvalue weighted by Crippen LogP contribution is 2.22. The zero-order chi connectivity index (χ0) is 19.7. The second-order valence-electron chi connectivity index (χ2n) is 6.29. The molecule has 0 atom stereocenters. The van der Waals surface area contributed by atoms with Crippen LogP contribution in [-0.4, -0.2) is 36.5 Å². The van der Waals surface area contributed by atoms with Gasteiger partial charge < -0.3 is 14.2 Å². The van der Waals surface area contributed by atoms with Crippen LogP contribution in [0.25, 0.3) is 10.4 Å². The maximum Gasteiger partial charge on any atom is 0.344 e. The molecule has 1 aromatic carbocycles. The Balaban J connectivity index is 2.94. The number of hydrogen-bond donors (Lipinski definition) is 0. The van der Waals surface area contributed by atoms with E-state index < -0.39 is 23.3 Å². The molecule has 0 aromatic heterocycles. The Bertz CT molecular complexity index is 733. The van der Waals surface area contributed by atoms with Gasteiger partial charge in [-0.3, -0.25) is 9.59 Å². The average Bonchev–Trinajstić information content (AvgIpc) is 2.54. The number of azide groups is 1. The molecule has 1 rings (SSSR count). The van der Waals surface area contributed by atoms with Gasteiger partial charge in [0.15, 0.2) is 12.4 Å². The molecule has 0 saturated heterocycles. The third kappa shape index (κ3) is 7.67. The van der Waals surface area contributed by atoms with Crippen LogP contribution in [0.5, 0.6) is 5.75 Å². The van der Waals surface area contributed by atoms with Gasteiger partial charge in [0.05, 0.1) is 6.54 Å². The number of rotatable bonds is 8. The van der Waals surface area contributed by atoms with Crippen molar-refractivity contribution in [1.82, 2.24) is 0 Å². The Kier molecular flexibility index (Phi) is 7.61. The number of esters is 2. The van der Waals surface area contributed by atoms with Gasteiger partial charge in [-0.1, -0.05) is 5.11 Å². The maximum absolute atomic E-state index is 11.9. The number of hydrogen-bond acceptors (Lipinski definition) is 7. The summed E-state index contributed by atoms with van der Waals surface area (Å²) < 4.78 is 15.5. The predicted molar refractivity (Wildman–Crippen MR) is 91.6 cm³/mol. The lowest BCUT2D eigenvalue weighted by atomic mass is 10.1. The quantitative estimate of drug-likeness (QED) is 0.230. The highest BCUT2D eigenvalue weighted by molar-refractivity contribution is 5.98. The Labute approximate surface area is 150 Å². The van der Waals surface area contributed by atoms with Crippen LogP contribution in [0, 0.1) is 0 Å². The Hall–Kier alpha value is -3.06. The van der Waals surface area contributed by atoms with Crippen molar-refractivity contribution in [2.75, 3.05) is 13.2 Å². The average molecular weight is 363 g/mol. The first-order valence-corrected chi connectivity index (χ1v) is 7.77. The van der Waals surface area contributed by atoms with Crippen molar-refractivity contribution < 1.29 is 28.6 Å². The van der Waals surface area contributed by atoms with E-state index in [0.717, 1.165) is 0 Å². The lowest BCUT2D eigenvalue weighted by Crippen LogP contribution is -2.27. The van der Waals surface area contributed by atoms with Crippen LogP contribution in [0.2, 0.25) is 0 Å². The topological polar surface area (TPSA) is 128 Å². The Morgan fingerprint density at radius 2 is 1.92 bits per heavy atom. The van der Waals surface area contributed by atoms with Crippen molar-refractivity contribution in [2.45, 2.75) is 39.9 Å². The zero-order valence-corrected chi connectivity index (χ0v) is 15.1. The maximum atomic E-state index is 11.9. The molecule has 9 heteroatoms. The van der Waals surface area contributed by atoms with E-state index in [0.29, 0.717) is 5.56 Å². The van der Waals surface area contributed by atoms with E-state index in [1.54, 1.807) is 20.8 Å². The molecule has 0 heterocycles. The minimum Gasteiger partial charge on any atom is -0.481 e. The van der Waals surface area contributed by atoms with Crippen LogP contribution >= 0.6 is 0 Å². The number of ether oxygens (including phenoxy) is 3. The SMILES string of the molecule is CC(=O)OCc1cc(C(=O)CN=[N+]=[N-])ccc1OCC(=O)OC(C)(C)C. The summed E-state index contributed by atoms with van der Waals surface area (Å²) in [6.07, 6.45) is 0. The van der Waals surface area contributed by atoms with Gasteiger partial charge in [0.1, 0.15) is 18.0 Å². The molecule has 140 valence electrons. The fraction of sp³-hybridized carbons (Fsp3) is 0.471. The molecule has 0 aliphatic carbocycles. The van der Waals surface area contributed by atoms with Crippen LogP contribution in [0.15, 0.2) is 23.3 Å². The van der Waals surface area contributed by atoms with Gasteiger partial charge in [0.25, 0.3) is 0 Å². The molecular weight excluding hydrogens is 342 g/mol. The fourth-order valence-electron chi connectivity index (χ4n) is 1.88.